The number of rotatable bonds is 35. The Bertz CT molecular complexity index is 5000. The lowest BCUT2D eigenvalue weighted by atomic mass is 10.0. The van der Waals surface area contributed by atoms with Crippen molar-refractivity contribution in [1.29, 1.82) is 0 Å². The molecule has 3 amide bonds. The number of nitrogens with one attached hydrogen (secondary N) is 6. The van der Waals surface area contributed by atoms with Gasteiger partial charge >= 0.3 is 0 Å². The van der Waals surface area contributed by atoms with Crippen molar-refractivity contribution in [2.75, 3.05) is 121 Å². The van der Waals surface area contributed by atoms with E-state index >= 15 is 0 Å². The zero-order chi connectivity index (χ0) is 71.0. The molecule has 8 aromatic carbocycles. The maximum absolute atomic E-state index is 13.3. The monoisotopic (exact) mass is 1380 g/mol. The SMILES string of the molecule is CN(C)CCCOc1ccc(-c2nc3cc(-c4ccc5[nH]c(-c6ccc(C(=O)NCCCn7cc(COCCOCCOCCOCCN(C)C(=O)c8ccc(-c9nc%10cc(-c%11ccc%12[nH]c(-c%13ccc(C(=O)NCCN(C)C)cc%13)nc%12c%11)ccc%10[nH]9)cc8)nn7)cc6)nc5c4)ccc3[nH]2)cc1. The minimum atomic E-state index is -0.158. The Labute approximate surface area is 596 Å². The fourth-order valence-corrected chi connectivity index (χ4v) is 11.8. The summed E-state index contributed by atoms with van der Waals surface area (Å²) in [6, 6.07) is 55.1. The molecule has 528 valence electrons. The van der Waals surface area contributed by atoms with E-state index in [0.717, 1.165) is 131 Å². The molecular weight excluding hydrogens is 1300 g/mol. The van der Waals surface area contributed by atoms with Crippen molar-refractivity contribution in [2.45, 2.75) is 26.0 Å². The van der Waals surface area contributed by atoms with Crippen LogP contribution in [-0.4, -0.2) is 208 Å². The summed E-state index contributed by atoms with van der Waals surface area (Å²) in [5.74, 6) is 3.43. The van der Waals surface area contributed by atoms with E-state index < -0.39 is 0 Å². The van der Waals surface area contributed by atoms with Crippen molar-refractivity contribution in [3.05, 3.63) is 198 Å². The molecule has 0 unspecified atom stereocenters. The van der Waals surface area contributed by atoms with Crippen LogP contribution in [0, 0.1) is 0 Å². The second-order valence-electron chi connectivity index (χ2n) is 25.8. The number of fused-ring (bicyclic) bond motifs is 4. The molecule has 0 saturated carbocycles. The fraction of sp³-hybridized carbons (Fsp3) is 0.278. The molecule has 103 heavy (non-hydrogen) atoms. The number of aryl methyl sites for hydroxylation is 1. The first-order valence-corrected chi connectivity index (χ1v) is 34.6. The molecule has 5 heterocycles. The van der Waals surface area contributed by atoms with E-state index in [-0.39, 0.29) is 17.7 Å². The van der Waals surface area contributed by atoms with Gasteiger partial charge in [-0.25, -0.2) is 19.9 Å². The van der Waals surface area contributed by atoms with E-state index in [0.29, 0.717) is 120 Å². The van der Waals surface area contributed by atoms with Crippen LogP contribution < -0.4 is 15.4 Å². The van der Waals surface area contributed by atoms with Crippen LogP contribution in [0.5, 0.6) is 5.75 Å². The number of ether oxygens (including phenoxy) is 5. The van der Waals surface area contributed by atoms with Crippen molar-refractivity contribution < 1.29 is 38.1 Å². The molecule has 0 aliphatic heterocycles. The van der Waals surface area contributed by atoms with Crippen LogP contribution in [0.25, 0.3) is 112 Å². The highest BCUT2D eigenvalue weighted by Crippen LogP contribution is 2.33. The van der Waals surface area contributed by atoms with Gasteiger partial charge in [0.15, 0.2) is 0 Å². The lowest BCUT2D eigenvalue weighted by molar-refractivity contribution is -0.00559. The minimum Gasteiger partial charge on any atom is -0.494 e. The summed E-state index contributed by atoms with van der Waals surface area (Å²) >= 11 is 0. The van der Waals surface area contributed by atoms with Crippen molar-refractivity contribution in [3.8, 4) is 73.6 Å². The molecule has 0 atom stereocenters. The number of H-pyrrole nitrogens is 4. The van der Waals surface area contributed by atoms with Gasteiger partial charge in [-0.15, -0.1) is 5.10 Å². The maximum atomic E-state index is 13.3. The van der Waals surface area contributed by atoms with Crippen LogP contribution in [0.1, 0.15) is 49.6 Å². The van der Waals surface area contributed by atoms with E-state index in [9.17, 15) is 14.4 Å². The molecule has 0 saturated heterocycles. The lowest BCUT2D eigenvalue weighted by Crippen LogP contribution is -2.31. The number of nitrogens with zero attached hydrogens (tertiary/aromatic N) is 10. The van der Waals surface area contributed by atoms with E-state index in [4.69, 9.17) is 43.6 Å². The highest BCUT2D eigenvalue weighted by molar-refractivity contribution is 5.97. The van der Waals surface area contributed by atoms with Crippen molar-refractivity contribution in [2.24, 2.45) is 0 Å². The molecule has 13 rings (SSSR count). The zero-order valence-electron chi connectivity index (χ0n) is 58.5. The molecule has 0 aliphatic rings. The largest absolute Gasteiger partial charge is 0.494 e. The Kier molecular flexibility index (Phi) is 22.8. The number of imidazole rings is 4. The second-order valence-corrected chi connectivity index (χ2v) is 25.8. The molecule has 0 aliphatic carbocycles. The van der Waals surface area contributed by atoms with Crippen LogP contribution >= 0.6 is 0 Å². The molecule has 0 fully saturated rings. The lowest BCUT2D eigenvalue weighted by Gasteiger charge is -2.17. The molecule has 6 N–H and O–H groups in total. The van der Waals surface area contributed by atoms with Crippen LogP contribution in [0.15, 0.2) is 176 Å². The average molecular weight is 1390 g/mol. The molecule has 0 spiro atoms. The number of hydrogen-bond donors (Lipinski definition) is 6. The topological polar surface area (TPSA) is 277 Å². The molecule has 5 aromatic heterocycles. The summed E-state index contributed by atoms with van der Waals surface area (Å²) in [5, 5.41) is 14.4. The highest BCUT2D eigenvalue weighted by atomic mass is 16.6. The normalized spacial score (nSPS) is 11.7. The predicted molar refractivity (Wildman–Crippen MR) is 400 cm³/mol. The van der Waals surface area contributed by atoms with Gasteiger partial charge in [0, 0.05) is 85.3 Å². The highest BCUT2D eigenvalue weighted by Gasteiger charge is 2.17. The van der Waals surface area contributed by atoms with E-state index in [1.165, 1.54) is 0 Å². The van der Waals surface area contributed by atoms with Crippen molar-refractivity contribution in [1.82, 2.24) is 80.2 Å². The van der Waals surface area contributed by atoms with E-state index in [1.807, 2.05) is 140 Å². The Morgan fingerprint density at radius 2 is 0.796 bits per heavy atom. The van der Waals surface area contributed by atoms with Gasteiger partial charge < -0.3 is 69.0 Å². The van der Waals surface area contributed by atoms with Gasteiger partial charge in [0.25, 0.3) is 17.7 Å². The summed E-state index contributed by atoms with van der Waals surface area (Å²) < 4.78 is 30.5. The molecule has 0 radical (unpaired) electrons. The first kappa shape index (κ1) is 70.2. The summed E-state index contributed by atoms with van der Waals surface area (Å²) in [7, 11) is 9.83. The number of likely N-dealkylation sites (N-methyl/N-ethyl adjacent to an activating group) is 2. The summed E-state index contributed by atoms with van der Waals surface area (Å²) in [6.45, 7) is 7.52. The Morgan fingerprint density at radius 3 is 1.23 bits per heavy atom. The van der Waals surface area contributed by atoms with Gasteiger partial charge in [-0.3, -0.25) is 19.1 Å². The minimum absolute atomic E-state index is 0.101. The summed E-state index contributed by atoms with van der Waals surface area (Å²) in [4.78, 5) is 78.2. The molecule has 24 nitrogen and oxygen atoms in total. The van der Waals surface area contributed by atoms with Gasteiger partial charge in [-0.1, -0.05) is 65.9 Å². The van der Waals surface area contributed by atoms with Crippen LogP contribution in [0.4, 0.5) is 0 Å². The standard InChI is InChI=1S/C79H84N16O8/c1-92(2)34-7-38-103-64-26-20-55(21-27-64)76-85-68-31-25-62(49-72(68)89-76)60-23-29-65-69(47-60)86-73(82-65)52-8-14-56(15-9-52)77(96)80-32-6-35-95-50-63(90-91-95)51-102-45-44-101-43-42-100-41-40-99-39-37-94(5)79(98)58-18-12-54(13-19-58)75-84-67-30-24-61(48-71(67)88-75)59-22-28-66-70(46-59)87-74(83-66)53-10-16-57(17-11-53)78(97)81-33-36-93(3)4/h8-31,46-50H,6-7,32-45,51H2,1-5H3,(H,80,96)(H,81,97)(H,82,86)(H,83,87)(H,84,88)(H,85,89). The number of amides is 3. The summed E-state index contributed by atoms with van der Waals surface area (Å²) in [6.07, 6.45) is 3.48. The summed E-state index contributed by atoms with van der Waals surface area (Å²) in [5.41, 5.74) is 17.2. The molecule has 13 aromatic rings. The quantitative estimate of drug-likeness (QED) is 0.0201. The zero-order valence-corrected chi connectivity index (χ0v) is 58.5. The van der Waals surface area contributed by atoms with Crippen molar-refractivity contribution in [3.63, 3.8) is 0 Å². The third kappa shape index (κ3) is 18.3. The predicted octanol–water partition coefficient (Wildman–Crippen LogP) is 11.6. The van der Waals surface area contributed by atoms with E-state index in [2.05, 4.69) is 114 Å². The van der Waals surface area contributed by atoms with Gasteiger partial charge in [-0.05, 0) is 172 Å². The van der Waals surface area contributed by atoms with Crippen LogP contribution in [0.2, 0.25) is 0 Å². The smallest absolute Gasteiger partial charge is 0.253 e. The first-order chi connectivity index (χ1) is 50.3. The molecule has 0 bridgehead atoms. The third-order valence-electron chi connectivity index (χ3n) is 17.6. The Balaban J connectivity index is 0.460. The second kappa shape index (κ2) is 33.5. The van der Waals surface area contributed by atoms with Gasteiger partial charge in [-0.2, -0.15) is 0 Å². The van der Waals surface area contributed by atoms with Crippen molar-refractivity contribution >= 4 is 61.9 Å². The van der Waals surface area contributed by atoms with Gasteiger partial charge in [0.05, 0.1) is 110 Å². The van der Waals surface area contributed by atoms with E-state index in [1.54, 1.807) is 16.6 Å². The Hall–Kier alpha value is -11.3. The van der Waals surface area contributed by atoms with Gasteiger partial charge in [0.1, 0.15) is 34.7 Å². The van der Waals surface area contributed by atoms with Crippen LogP contribution in [-0.2, 0) is 32.1 Å². The number of benzene rings is 8. The number of hydrogen-bond acceptors (Lipinski definition) is 16. The van der Waals surface area contributed by atoms with Crippen LogP contribution in [0.3, 0.4) is 0 Å². The Morgan fingerprint density at radius 1 is 0.408 bits per heavy atom. The number of carbonyl (C=O) groups is 3. The first-order valence-electron chi connectivity index (χ1n) is 34.6. The number of carbonyl (C=O) groups excluding carboxylic acids is 3. The maximum Gasteiger partial charge on any atom is 0.253 e. The molecule has 24 heteroatoms. The number of aromatic amines is 4. The fourth-order valence-electron chi connectivity index (χ4n) is 11.8. The van der Waals surface area contributed by atoms with Gasteiger partial charge in [0.2, 0.25) is 0 Å². The number of aromatic nitrogens is 11. The average Bonchev–Trinajstić information content (AvgIpc) is 1.66. The molecular formula is C79H84N16O8. The third-order valence-corrected chi connectivity index (χ3v) is 17.6.